The van der Waals surface area contributed by atoms with E-state index in [1.165, 1.54) is 13.2 Å². The van der Waals surface area contributed by atoms with Crippen molar-refractivity contribution in [3.05, 3.63) is 53.1 Å². The van der Waals surface area contributed by atoms with Crippen molar-refractivity contribution in [2.45, 2.75) is 19.8 Å². The molecule has 0 heterocycles. The molecule has 0 aliphatic rings. The number of carbonyl (C=O) groups is 2. The van der Waals surface area contributed by atoms with Crippen LogP contribution in [0.2, 0.25) is 5.02 Å². The fraction of sp³-hybridized carbons (Fsp3) is 0.300. The first-order chi connectivity index (χ1) is 13.0. The summed E-state index contributed by atoms with van der Waals surface area (Å²) in [6.07, 6.45) is 1.94. The zero-order chi connectivity index (χ0) is 19.6. The lowest BCUT2D eigenvalue weighted by atomic mass is 10.2. The molecule has 7 heteroatoms. The lowest BCUT2D eigenvalue weighted by molar-refractivity contribution is -0.119. The van der Waals surface area contributed by atoms with E-state index in [-0.39, 0.29) is 5.56 Å². The van der Waals surface area contributed by atoms with Crippen LogP contribution in [0.25, 0.3) is 0 Å². The molecule has 0 atom stereocenters. The predicted molar refractivity (Wildman–Crippen MR) is 104 cm³/mol. The number of anilines is 1. The van der Waals surface area contributed by atoms with Crippen molar-refractivity contribution in [3.63, 3.8) is 0 Å². The Morgan fingerprint density at radius 2 is 1.89 bits per heavy atom. The molecule has 0 aliphatic heterocycles. The molecule has 27 heavy (non-hydrogen) atoms. The van der Waals surface area contributed by atoms with Gasteiger partial charge in [0.1, 0.15) is 0 Å². The average molecular weight is 392 g/mol. The second-order valence-electron chi connectivity index (χ2n) is 5.67. The Morgan fingerprint density at radius 1 is 1.11 bits per heavy atom. The van der Waals surface area contributed by atoms with Gasteiger partial charge in [-0.25, -0.2) is 4.79 Å². The van der Waals surface area contributed by atoms with Crippen LogP contribution in [0.15, 0.2) is 42.5 Å². The fourth-order valence-corrected chi connectivity index (χ4v) is 2.39. The molecule has 2 aromatic carbocycles. The van der Waals surface area contributed by atoms with Crippen LogP contribution in [-0.2, 0) is 9.53 Å². The third-order valence-corrected chi connectivity index (χ3v) is 3.97. The van der Waals surface area contributed by atoms with Crippen LogP contribution in [0.5, 0.6) is 11.5 Å². The Hall–Kier alpha value is -2.73. The van der Waals surface area contributed by atoms with Gasteiger partial charge >= 0.3 is 5.97 Å². The first-order valence-electron chi connectivity index (χ1n) is 8.57. The topological polar surface area (TPSA) is 73.9 Å². The largest absolute Gasteiger partial charge is 0.493 e. The molecule has 0 spiro atoms. The molecule has 0 saturated heterocycles. The Morgan fingerprint density at radius 3 is 2.59 bits per heavy atom. The number of esters is 1. The number of hydrogen-bond acceptors (Lipinski definition) is 5. The number of benzene rings is 2. The minimum Gasteiger partial charge on any atom is -0.493 e. The first-order valence-corrected chi connectivity index (χ1v) is 8.95. The molecule has 1 amide bonds. The van der Waals surface area contributed by atoms with Crippen LogP contribution in [-0.4, -0.2) is 32.2 Å². The van der Waals surface area contributed by atoms with Gasteiger partial charge in [0.05, 0.1) is 30.0 Å². The van der Waals surface area contributed by atoms with E-state index in [2.05, 4.69) is 12.2 Å². The number of ether oxygens (including phenoxy) is 3. The number of unbranched alkanes of at least 4 members (excludes halogenated alkanes) is 1. The molecule has 0 radical (unpaired) electrons. The summed E-state index contributed by atoms with van der Waals surface area (Å²) in [5, 5.41) is 2.99. The minimum absolute atomic E-state index is 0.264. The molecular formula is C20H22ClNO5. The maximum Gasteiger partial charge on any atom is 0.338 e. The Bertz CT molecular complexity index is 794. The lowest BCUT2D eigenvalue weighted by Gasteiger charge is -2.12. The molecule has 2 aromatic rings. The van der Waals surface area contributed by atoms with Crippen molar-refractivity contribution < 1.29 is 23.8 Å². The fourth-order valence-electron chi connectivity index (χ4n) is 2.20. The maximum absolute atomic E-state index is 12.2. The van der Waals surface area contributed by atoms with Crippen molar-refractivity contribution in [1.82, 2.24) is 0 Å². The smallest absolute Gasteiger partial charge is 0.338 e. The van der Waals surface area contributed by atoms with Crippen molar-refractivity contribution in [2.75, 3.05) is 25.6 Å². The number of methoxy groups -OCH3 is 1. The number of para-hydroxylation sites is 1. The van der Waals surface area contributed by atoms with Crippen molar-refractivity contribution >= 4 is 29.2 Å². The standard InChI is InChI=1S/C20H22ClNO5/c1-3-4-11-26-17-10-9-14(12-18(17)25-2)20(24)27-13-19(23)22-16-8-6-5-7-15(16)21/h5-10,12H,3-4,11,13H2,1-2H3,(H,22,23). The Balaban J connectivity index is 1.93. The summed E-state index contributed by atoms with van der Waals surface area (Å²) in [6.45, 7) is 2.21. The van der Waals surface area contributed by atoms with Gasteiger partial charge < -0.3 is 19.5 Å². The zero-order valence-corrected chi connectivity index (χ0v) is 16.0. The van der Waals surface area contributed by atoms with Crippen LogP contribution in [0.1, 0.15) is 30.1 Å². The normalized spacial score (nSPS) is 10.2. The molecule has 2 rings (SSSR count). The van der Waals surface area contributed by atoms with Gasteiger partial charge in [-0.15, -0.1) is 0 Å². The second kappa shape index (κ2) is 10.4. The van der Waals surface area contributed by atoms with E-state index < -0.39 is 18.5 Å². The summed E-state index contributed by atoms with van der Waals surface area (Å²) in [6, 6.07) is 11.5. The summed E-state index contributed by atoms with van der Waals surface area (Å²) in [5.41, 5.74) is 0.718. The van der Waals surface area contributed by atoms with Gasteiger partial charge in [0.25, 0.3) is 5.91 Å². The van der Waals surface area contributed by atoms with Gasteiger partial charge in [0.15, 0.2) is 18.1 Å². The number of rotatable bonds is 9. The van der Waals surface area contributed by atoms with Gasteiger partial charge in [-0.3, -0.25) is 4.79 Å². The molecule has 0 saturated carbocycles. The second-order valence-corrected chi connectivity index (χ2v) is 6.08. The minimum atomic E-state index is -0.636. The number of hydrogen-bond donors (Lipinski definition) is 1. The summed E-state index contributed by atoms with van der Waals surface area (Å²) in [5.74, 6) is -0.134. The molecular weight excluding hydrogens is 370 g/mol. The third-order valence-electron chi connectivity index (χ3n) is 3.64. The molecule has 144 valence electrons. The number of amides is 1. The first kappa shape index (κ1) is 20.6. The van der Waals surface area contributed by atoms with Crippen LogP contribution >= 0.6 is 11.6 Å². The monoisotopic (exact) mass is 391 g/mol. The molecule has 6 nitrogen and oxygen atoms in total. The third kappa shape index (κ3) is 6.18. The van der Waals surface area contributed by atoms with E-state index in [9.17, 15) is 9.59 Å². The Kier molecular flexibility index (Phi) is 7.95. The van der Waals surface area contributed by atoms with Gasteiger partial charge in [0, 0.05) is 0 Å². The number of nitrogens with one attached hydrogen (secondary N) is 1. The van der Waals surface area contributed by atoms with Crippen LogP contribution < -0.4 is 14.8 Å². The average Bonchev–Trinajstić information content (AvgIpc) is 2.68. The van der Waals surface area contributed by atoms with Crippen molar-refractivity contribution in [3.8, 4) is 11.5 Å². The highest BCUT2D eigenvalue weighted by molar-refractivity contribution is 6.33. The van der Waals surface area contributed by atoms with Crippen LogP contribution in [0.4, 0.5) is 5.69 Å². The molecule has 0 bridgehead atoms. The zero-order valence-electron chi connectivity index (χ0n) is 15.3. The van der Waals surface area contributed by atoms with Gasteiger partial charge in [0.2, 0.25) is 0 Å². The molecule has 0 unspecified atom stereocenters. The van der Waals surface area contributed by atoms with Crippen LogP contribution in [0, 0.1) is 0 Å². The highest BCUT2D eigenvalue weighted by Gasteiger charge is 2.14. The lowest BCUT2D eigenvalue weighted by Crippen LogP contribution is -2.21. The summed E-state index contributed by atoms with van der Waals surface area (Å²) in [7, 11) is 1.49. The van der Waals surface area contributed by atoms with Gasteiger partial charge in [-0.1, -0.05) is 37.1 Å². The van der Waals surface area contributed by atoms with Crippen molar-refractivity contribution in [2.24, 2.45) is 0 Å². The quantitative estimate of drug-likeness (QED) is 0.509. The van der Waals surface area contributed by atoms with E-state index in [1.54, 1.807) is 36.4 Å². The molecule has 0 fully saturated rings. The maximum atomic E-state index is 12.2. The molecule has 0 aromatic heterocycles. The number of halogens is 1. The van der Waals surface area contributed by atoms with Gasteiger partial charge in [-0.05, 0) is 36.8 Å². The predicted octanol–water partition coefficient (Wildman–Crippen LogP) is 4.32. The summed E-state index contributed by atoms with van der Waals surface area (Å²) in [4.78, 5) is 24.1. The number of carbonyl (C=O) groups excluding carboxylic acids is 2. The Labute approximate surface area is 163 Å². The summed E-state index contributed by atoms with van der Waals surface area (Å²) >= 11 is 5.97. The highest BCUT2D eigenvalue weighted by Crippen LogP contribution is 2.28. The van der Waals surface area contributed by atoms with Crippen molar-refractivity contribution in [1.29, 1.82) is 0 Å². The highest BCUT2D eigenvalue weighted by atomic mass is 35.5. The SMILES string of the molecule is CCCCOc1ccc(C(=O)OCC(=O)Nc2ccccc2Cl)cc1OC. The van der Waals surface area contributed by atoms with E-state index in [1.807, 2.05) is 0 Å². The summed E-state index contributed by atoms with van der Waals surface area (Å²) < 4.78 is 15.9. The van der Waals surface area contributed by atoms with Crippen LogP contribution in [0.3, 0.4) is 0 Å². The molecule has 1 N–H and O–H groups in total. The van der Waals surface area contributed by atoms with E-state index in [0.29, 0.717) is 28.8 Å². The van der Waals surface area contributed by atoms with E-state index in [4.69, 9.17) is 25.8 Å². The van der Waals surface area contributed by atoms with Gasteiger partial charge in [-0.2, -0.15) is 0 Å². The molecule has 0 aliphatic carbocycles. The van der Waals surface area contributed by atoms with E-state index in [0.717, 1.165) is 12.8 Å². The van der Waals surface area contributed by atoms with E-state index >= 15 is 0 Å².